The Morgan fingerprint density at radius 2 is 0.552 bits per heavy atom. The maximum atomic E-state index is 2.36. The third-order valence-electron chi connectivity index (χ3n) is 11.4. The number of rotatable bonds is 9. The van der Waals surface area contributed by atoms with Crippen molar-refractivity contribution in [2.45, 2.75) is 5.92 Å². The first-order valence-electron chi connectivity index (χ1n) is 20.0. The van der Waals surface area contributed by atoms with Gasteiger partial charge < -0.3 is 4.90 Å². The predicted octanol–water partition coefficient (Wildman–Crippen LogP) is 15.6. The summed E-state index contributed by atoms with van der Waals surface area (Å²) in [5.41, 5.74) is 14.4. The van der Waals surface area contributed by atoms with Crippen molar-refractivity contribution in [1.29, 1.82) is 0 Å². The van der Waals surface area contributed by atoms with E-state index in [0.29, 0.717) is 0 Å². The summed E-state index contributed by atoms with van der Waals surface area (Å²) in [7, 11) is 0. The number of benzene rings is 10. The minimum Gasteiger partial charge on any atom is -0.310 e. The molecule has 0 aliphatic rings. The zero-order chi connectivity index (χ0) is 38.7. The fourth-order valence-electron chi connectivity index (χ4n) is 8.33. The Labute approximate surface area is 340 Å². The van der Waals surface area contributed by atoms with E-state index in [1.54, 1.807) is 0 Å². The van der Waals surface area contributed by atoms with E-state index in [2.05, 4.69) is 248 Å². The van der Waals surface area contributed by atoms with E-state index in [-0.39, 0.29) is 5.92 Å². The zero-order valence-corrected chi connectivity index (χ0v) is 32.1. The van der Waals surface area contributed by atoms with Crippen LogP contribution >= 0.6 is 0 Å². The third-order valence-corrected chi connectivity index (χ3v) is 11.4. The van der Waals surface area contributed by atoms with E-state index < -0.39 is 0 Å². The second-order valence-corrected chi connectivity index (χ2v) is 15.0. The molecule has 0 amide bonds. The smallest absolute Gasteiger partial charge is 0.0468 e. The largest absolute Gasteiger partial charge is 0.310 e. The molecular formula is C57H41N. The van der Waals surface area contributed by atoms with Crippen LogP contribution in [0.2, 0.25) is 0 Å². The number of fused-ring (bicyclic) bond motifs is 2. The second-order valence-electron chi connectivity index (χ2n) is 15.0. The van der Waals surface area contributed by atoms with Crippen molar-refractivity contribution in [3.05, 3.63) is 259 Å². The van der Waals surface area contributed by atoms with Gasteiger partial charge in [-0.3, -0.25) is 0 Å². The molecule has 1 heteroatoms. The number of nitrogens with zero attached hydrogens (tertiary/aromatic N) is 1. The van der Waals surface area contributed by atoms with E-state index in [9.17, 15) is 0 Å². The lowest BCUT2D eigenvalue weighted by molar-refractivity contribution is 0.981. The van der Waals surface area contributed by atoms with Gasteiger partial charge in [0.05, 0.1) is 0 Å². The average molecular weight is 740 g/mol. The van der Waals surface area contributed by atoms with Gasteiger partial charge in [-0.1, -0.05) is 206 Å². The number of anilines is 3. The molecule has 0 aromatic heterocycles. The summed E-state index contributed by atoms with van der Waals surface area (Å²) in [6.07, 6.45) is 0. The lowest BCUT2D eigenvalue weighted by Crippen LogP contribution is -2.09. The van der Waals surface area contributed by atoms with Crippen LogP contribution in [-0.4, -0.2) is 0 Å². The number of hydrogen-bond donors (Lipinski definition) is 0. The van der Waals surface area contributed by atoms with Gasteiger partial charge in [0.15, 0.2) is 0 Å². The lowest BCUT2D eigenvalue weighted by Gasteiger charge is -2.26. The highest BCUT2D eigenvalue weighted by molar-refractivity contribution is 5.90. The molecule has 0 saturated heterocycles. The van der Waals surface area contributed by atoms with Crippen LogP contribution in [0.4, 0.5) is 17.1 Å². The van der Waals surface area contributed by atoms with Gasteiger partial charge in [-0.05, 0) is 108 Å². The molecule has 0 bridgehead atoms. The van der Waals surface area contributed by atoms with Gasteiger partial charge >= 0.3 is 0 Å². The second kappa shape index (κ2) is 15.6. The van der Waals surface area contributed by atoms with Crippen LogP contribution in [0.15, 0.2) is 243 Å². The minimum absolute atomic E-state index is 0.0923. The molecule has 0 heterocycles. The number of hydrogen-bond acceptors (Lipinski definition) is 1. The summed E-state index contributed by atoms with van der Waals surface area (Å²) in [4.78, 5) is 2.35. The Morgan fingerprint density at radius 3 is 1.02 bits per heavy atom. The molecule has 0 aliphatic heterocycles. The summed E-state index contributed by atoms with van der Waals surface area (Å²) < 4.78 is 0. The van der Waals surface area contributed by atoms with Gasteiger partial charge in [-0.2, -0.15) is 0 Å². The molecule has 0 aliphatic carbocycles. The van der Waals surface area contributed by atoms with Crippen molar-refractivity contribution < 1.29 is 0 Å². The Kier molecular flexibility index (Phi) is 9.39. The van der Waals surface area contributed by atoms with Gasteiger partial charge in [0.2, 0.25) is 0 Å². The molecule has 0 spiro atoms. The van der Waals surface area contributed by atoms with E-state index in [0.717, 1.165) is 17.1 Å². The van der Waals surface area contributed by atoms with Crippen molar-refractivity contribution in [3.8, 4) is 33.4 Å². The van der Waals surface area contributed by atoms with E-state index >= 15 is 0 Å². The highest BCUT2D eigenvalue weighted by atomic mass is 15.1. The van der Waals surface area contributed by atoms with Crippen LogP contribution in [0, 0.1) is 0 Å². The maximum absolute atomic E-state index is 2.36. The highest BCUT2D eigenvalue weighted by Gasteiger charge is 2.19. The molecule has 1 unspecified atom stereocenters. The van der Waals surface area contributed by atoms with Crippen molar-refractivity contribution >= 4 is 38.6 Å². The Hall–Kier alpha value is -7.48. The quantitative estimate of drug-likeness (QED) is 0.133. The summed E-state index contributed by atoms with van der Waals surface area (Å²) in [5.74, 6) is 0.0923. The van der Waals surface area contributed by atoms with Gasteiger partial charge in [-0.15, -0.1) is 0 Å². The molecule has 10 rings (SSSR count). The molecule has 58 heavy (non-hydrogen) atoms. The van der Waals surface area contributed by atoms with E-state index in [4.69, 9.17) is 0 Å². The molecule has 10 aromatic carbocycles. The topological polar surface area (TPSA) is 3.24 Å². The first-order chi connectivity index (χ1) is 28.7. The van der Waals surface area contributed by atoms with Crippen LogP contribution in [0.25, 0.3) is 54.9 Å². The van der Waals surface area contributed by atoms with Crippen LogP contribution in [0.1, 0.15) is 22.6 Å². The SMILES string of the molecule is c1ccc(-c2ccc(C(c3ccc(-c4ccc(N(c5ccc(-c6ccccc6)cc5)c5ccc6ccccc6c5)cc4)cc3)c3ccc4ccccc4c3)cc2)cc1. The van der Waals surface area contributed by atoms with Gasteiger partial charge in [0, 0.05) is 23.0 Å². The summed E-state index contributed by atoms with van der Waals surface area (Å²) in [6, 6.07) is 88.2. The van der Waals surface area contributed by atoms with Crippen LogP contribution < -0.4 is 4.90 Å². The first kappa shape index (κ1) is 35.0. The van der Waals surface area contributed by atoms with Crippen molar-refractivity contribution in [3.63, 3.8) is 0 Å². The third kappa shape index (κ3) is 7.07. The minimum atomic E-state index is 0.0923. The van der Waals surface area contributed by atoms with Gasteiger partial charge in [0.1, 0.15) is 0 Å². The molecule has 0 radical (unpaired) electrons. The highest BCUT2D eigenvalue weighted by Crippen LogP contribution is 2.39. The summed E-state index contributed by atoms with van der Waals surface area (Å²) in [5, 5.41) is 4.97. The monoisotopic (exact) mass is 739 g/mol. The van der Waals surface area contributed by atoms with E-state index in [1.165, 1.54) is 71.6 Å². The Morgan fingerprint density at radius 1 is 0.224 bits per heavy atom. The van der Waals surface area contributed by atoms with Gasteiger partial charge in [-0.25, -0.2) is 0 Å². The molecule has 10 aromatic rings. The molecule has 274 valence electrons. The zero-order valence-electron chi connectivity index (χ0n) is 32.1. The first-order valence-corrected chi connectivity index (χ1v) is 20.0. The molecule has 1 nitrogen and oxygen atoms in total. The normalized spacial score (nSPS) is 11.7. The fraction of sp³-hybridized carbons (Fsp3) is 0.0175. The van der Waals surface area contributed by atoms with Gasteiger partial charge in [0.25, 0.3) is 0 Å². The molecule has 1 atom stereocenters. The predicted molar refractivity (Wildman–Crippen MR) is 246 cm³/mol. The molecule has 0 N–H and O–H groups in total. The van der Waals surface area contributed by atoms with Crippen molar-refractivity contribution in [2.75, 3.05) is 4.90 Å². The Bertz CT molecular complexity index is 2740. The van der Waals surface area contributed by atoms with Crippen molar-refractivity contribution in [1.82, 2.24) is 0 Å². The molecular weight excluding hydrogens is 699 g/mol. The van der Waals surface area contributed by atoms with Crippen LogP contribution in [-0.2, 0) is 0 Å². The van der Waals surface area contributed by atoms with Crippen molar-refractivity contribution in [2.24, 2.45) is 0 Å². The van der Waals surface area contributed by atoms with Crippen LogP contribution in [0.5, 0.6) is 0 Å². The van der Waals surface area contributed by atoms with E-state index in [1.807, 2.05) is 0 Å². The van der Waals surface area contributed by atoms with Crippen LogP contribution in [0.3, 0.4) is 0 Å². The Balaban J connectivity index is 0.983. The maximum Gasteiger partial charge on any atom is 0.0468 e. The fourth-order valence-corrected chi connectivity index (χ4v) is 8.33. The average Bonchev–Trinajstić information content (AvgIpc) is 3.31. The molecule has 0 fully saturated rings. The lowest BCUT2D eigenvalue weighted by atomic mass is 9.83. The summed E-state index contributed by atoms with van der Waals surface area (Å²) in [6.45, 7) is 0. The molecule has 0 saturated carbocycles. The standard InChI is InChI=1S/C57H41N/c1-3-11-41(12-4-1)45-19-24-49(25-20-45)57(53-28-23-43-15-7-9-17-51(43)39-53)50-26-21-46(22-27-50)48-31-36-55(37-32-48)58(56-38-33-44-16-8-10-18-52(44)40-56)54-34-29-47(30-35-54)42-13-5-2-6-14-42/h1-40,57H. The summed E-state index contributed by atoms with van der Waals surface area (Å²) >= 11 is 0.